The largest absolute Gasteiger partial charge is 0.491 e. The number of aliphatic carboxylic acids is 1. The first-order chi connectivity index (χ1) is 9.65. The van der Waals surface area contributed by atoms with Crippen LogP contribution in [0.15, 0.2) is 36.4 Å². The molecule has 0 unspecified atom stereocenters. The second-order valence-electron chi connectivity index (χ2n) is 4.30. The summed E-state index contributed by atoms with van der Waals surface area (Å²) < 4.78 is 5.36. The molecule has 1 aromatic rings. The zero-order chi connectivity index (χ0) is 14.8. The van der Waals surface area contributed by atoms with Crippen molar-refractivity contribution < 1.29 is 24.9 Å². The number of carboxylic acids is 1. The third-order valence-electron chi connectivity index (χ3n) is 2.74. The van der Waals surface area contributed by atoms with Crippen LogP contribution in [-0.2, 0) is 4.79 Å². The van der Waals surface area contributed by atoms with Crippen LogP contribution in [0.4, 0.5) is 0 Å². The van der Waals surface area contributed by atoms with Gasteiger partial charge in [-0.3, -0.25) is 0 Å². The molecule has 0 spiro atoms. The number of carboxylic acid groups (broad SMARTS) is 1. The number of hydrogen-bond donors (Lipinski definition) is 3. The predicted octanol–water partition coefficient (Wildman–Crippen LogP) is 1.90. The van der Waals surface area contributed by atoms with E-state index in [9.17, 15) is 9.90 Å². The van der Waals surface area contributed by atoms with Crippen LogP contribution in [0.5, 0.6) is 5.75 Å². The number of hydrogen-bond acceptors (Lipinski definition) is 4. The maximum absolute atomic E-state index is 10.3. The van der Waals surface area contributed by atoms with Crippen molar-refractivity contribution in [2.24, 2.45) is 0 Å². The average Bonchev–Trinajstić information content (AvgIpc) is 2.44. The van der Waals surface area contributed by atoms with Gasteiger partial charge in [0, 0.05) is 11.6 Å². The molecule has 0 bridgehead atoms. The Bertz CT molecular complexity index is 442. The predicted molar refractivity (Wildman–Crippen MR) is 74.6 cm³/mol. The molecule has 1 atom stereocenters. The van der Waals surface area contributed by atoms with Gasteiger partial charge in [0.1, 0.15) is 12.4 Å². The van der Waals surface area contributed by atoms with Crippen LogP contribution >= 0.6 is 0 Å². The summed E-state index contributed by atoms with van der Waals surface area (Å²) in [5, 5.41) is 27.3. The van der Waals surface area contributed by atoms with Gasteiger partial charge in [-0.05, 0) is 25.3 Å². The highest BCUT2D eigenvalue weighted by Gasteiger charge is 2.12. The molecule has 0 aromatic heterocycles. The van der Waals surface area contributed by atoms with Crippen molar-refractivity contribution >= 4 is 5.97 Å². The smallest absolute Gasteiger partial charge is 0.327 e. The molecule has 0 aliphatic carbocycles. The zero-order valence-electron chi connectivity index (χ0n) is 11.2. The first-order valence-corrected chi connectivity index (χ1v) is 6.55. The number of allylic oxidation sites excluding steroid dienone is 1. The van der Waals surface area contributed by atoms with Gasteiger partial charge in [0.2, 0.25) is 0 Å². The fourth-order valence-electron chi connectivity index (χ4n) is 1.81. The summed E-state index contributed by atoms with van der Waals surface area (Å²) >= 11 is 0. The summed E-state index contributed by atoms with van der Waals surface area (Å²) in [7, 11) is 0. The van der Waals surface area contributed by atoms with Crippen LogP contribution in [0.1, 0.15) is 30.9 Å². The highest BCUT2D eigenvalue weighted by atomic mass is 16.5. The summed E-state index contributed by atoms with van der Waals surface area (Å²) in [6.07, 6.45) is 3.81. The standard InChI is InChI=1S/C15H20O5/c16-10-11-20-14-8-5-4-6-12(14)13(17)7-2-1-3-9-15(18)19/h3-6,8-9,13,16-17H,1-2,7,10-11H2,(H,18,19)/b9-3+/t13-/m1/s1. The molecule has 5 heteroatoms. The SMILES string of the molecule is O=C(O)/C=C/CCC[C@@H](O)c1ccccc1OCCO. The molecule has 0 aliphatic heterocycles. The lowest BCUT2D eigenvalue weighted by Gasteiger charge is -2.15. The van der Waals surface area contributed by atoms with Crippen molar-refractivity contribution in [3.63, 3.8) is 0 Å². The van der Waals surface area contributed by atoms with Crippen LogP contribution in [0.2, 0.25) is 0 Å². The number of aliphatic hydroxyl groups is 2. The molecule has 0 amide bonds. The van der Waals surface area contributed by atoms with Crippen molar-refractivity contribution in [1.29, 1.82) is 0 Å². The average molecular weight is 280 g/mol. The van der Waals surface area contributed by atoms with Gasteiger partial charge in [-0.1, -0.05) is 24.3 Å². The van der Waals surface area contributed by atoms with E-state index in [1.54, 1.807) is 24.3 Å². The fraction of sp³-hybridized carbons (Fsp3) is 0.400. The number of aliphatic hydroxyl groups excluding tert-OH is 2. The van der Waals surface area contributed by atoms with E-state index >= 15 is 0 Å². The molecular weight excluding hydrogens is 260 g/mol. The van der Waals surface area contributed by atoms with Crippen LogP contribution in [0.25, 0.3) is 0 Å². The van der Waals surface area contributed by atoms with E-state index in [1.807, 2.05) is 6.07 Å². The van der Waals surface area contributed by atoms with Crippen molar-refractivity contribution in [3.8, 4) is 5.75 Å². The van der Waals surface area contributed by atoms with Gasteiger partial charge >= 0.3 is 5.97 Å². The van der Waals surface area contributed by atoms with Gasteiger partial charge in [-0.25, -0.2) is 4.79 Å². The first-order valence-electron chi connectivity index (χ1n) is 6.55. The van der Waals surface area contributed by atoms with E-state index < -0.39 is 12.1 Å². The van der Waals surface area contributed by atoms with Crippen LogP contribution in [-0.4, -0.2) is 34.5 Å². The van der Waals surface area contributed by atoms with Crippen LogP contribution in [0, 0.1) is 0 Å². The highest BCUT2D eigenvalue weighted by Crippen LogP contribution is 2.28. The summed E-state index contributed by atoms with van der Waals surface area (Å²) in [6.45, 7) is 0.107. The Morgan fingerprint density at radius 1 is 1.35 bits per heavy atom. The molecule has 20 heavy (non-hydrogen) atoms. The Labute approximate surface area is 118 Å². The second-order valence-corrected chi connectivity index (χ2v) is 4.30. The number of para-hydroxylation sites is 1. The quantitative estimate of drug-likeness (QED) is 0.475. The number of carbonyl (C=O) groups is 1. The molecule has 1 rings (SSSR count). The van der Waals surface area contributed by atoms with Crippen LogP contribution in [0.3, 0.4) is 0 Å². The second kappa shape index (κ2) is 9.12. The lowest BCUT2D eigenvalue weighted by Crippen LogP contribution is -2.06. The molecule has 0 saturated heterocycles. The molecule has 0 aliphatic rings. The molecule has 0 saturated carbocycles. The Hall–Kier alpha value is -1.85. The lowest BCUT2D eigenvalue weighted by atomic mass is 10.0. The molecule has 3 N–H and O–H groups in total. The zero-order valence-corrected chi connectivity index (χ0v) is 11.2. The van der Waals surface area contributed by atoms with E-state index in [2.05, 4.69) is 0 Å². The minimum atomic E-state index is -0.965. The molecule has 110 valence electrons. The molecule has 0 fully saturated rings. The third kappa shape index (κ3) is 5.86. The number of benzene rings is 1. The van der Waals surface area contributed by atoms with Crippen molar-refractivity contribution in [1.82, 2.24) is 0 Å². The monoisotopic (exact) mass is 280 g/mol. The van der Waals surface area contributed by atoms with Gasteiger partial charge < -0.3 is 20.1 Å². The van der Waals surface area contributed by atoms with Crippen LogP contribution < -0.4 is 4.74 Å². The number of unbranched alkanes of at least 4 members (excludes halogenated alkanes) is 1. The van der Waals surface area contributed by atoms with E-state index in [0.717, 1.165) is 6.08 Å². The Kier molecular flexibility index (Phi) is 7.39. The minimum absolute atomic E-state index is 0.0790. The number of ether oxygens (including phenoxy) is 1. The normalized spacial score (nSPS) is 12.5. The third-order valence-corrected chi connectivity index (χ3v) is 2.74. The maximum Gasteiger partial charge on any atom is 0.327 e. The lowest BCUT2D eigenvalue weighted by molar-refractivity contribution is -0.131. The summed E-state index contributed by atoms with van der Waals surface area (Å²) in [4.78, 5) is 10.3. The van der Waals surface area contributed by atoms with Gasteiger partial charge in [-0.15, -0.1) is 0 Å². The van der Waals surface area contributed by atoms with E-state index in [4.69, 9.17) is 14.9 Å². The molecule has 0 radical (unpaired) electrons. The molecule has 0 heterocycles. The summed E-state index contributed by atoms with van der Waals surface area (Å²) in [5.74, 6) is -0.400. The maximum atomic E-state index is 10.3. The van der Waals surface area contributed by atoms with Gasteiger partial charge in [0.05, 0.1) is 12.7 Å². The first kappa shape index (κ1) is 16.2. The molecule has 1 aromatic carbocycles. The van der Waals surface area contributed by atoms with E-state index in [0.29, 0.717) is 30.6 Å². The highest BCUT2D eigenvalue weighted by molar-refractivity contribution is 5.79. The van der Waals surface area contributed by atoms with Gasteiger partial charge in [0.25, 0.3) is 0 Å². The summed E-state index contributed by atoms with van der Waals surface area (Å²) in [6, 6.07) is 7.15. The van der Waals surface area contributed by atoms with Crippen molar-refractivity contribution in [3.05, 3.63) is 42.0 Å². The summed E-state index contributed by atoms with van der Waals surface area (Å²) in [5.41, 5.74) is 0.683. The van der Waals surface area contributed by atoms with Crippen molar-refractivity contribution in [2.45, 2.75) is 25.4 Å². The minimum Gasteiger partial charge on any atom is -0.491 e. The van der Waals surface area contributed by atoms with E-state index in [1.165, 1.54) is 0 Å². The molecular formula is C15H20O5. The number of rotatable bonds is 9. The Morgan fingerprint density at radius 3 is 2.80 bits per heavy atom. The molecule has 5 nitrogen and oxygen atoms in total. The van der Waals surface area contributed by atoms with Crippen molar-refractivity contribution in [2.75, 3.05) is 13.2 Å². The van der Waals surface area contributed by atoms with Gasteiger partial charge in [0.15, 0.2) is 0 Å². The van der Waals surface area contributed by atoms with E-state index in [-0.39, 0.29) is 13.2 Å². The Morgan fingerprint density at radius 2 is 2.10 bits per heavy atom. The Balaban J connectivity index is 2.50. The topological polar surface area (TPSA) is 87.0 Å². The fourth-order valence-corrected chi connectivity index (χ4v) is 1.81. The van der Waals surface area contributed by atoms with Gasteiger partial charge in [-0.2, -0.15) is 0 Å².